The molecular weight excluding hydrogens is 180 g/mol. The summed E-state index contributed by atoms with van der Waals surface area (Å²) in [6.07, 6.45) is 2.47. The number of nitrogen functional groups attached to an aromatic ring is 1. The normalized spacial score (nSPS) is 10.3. The van der Waals surface area contributed by atoms with Crippen LogP contribution in [0, 0.1) is 0 Å². The molecule has 11 heavy (non-hydrogen) atoms. The topological polar surface area (TPSA) is 59.1 Å². The van der Waals surface area contributed by atoms with Crippen LogP contribution in [0.2, 0.25) is 0 Å². The van der Waals surface area contributed by atoms with E-state index in [4.69, 9.17) is 10.8 Å². The smallest absolute Gasteiger partial charge is 0.151 e. The number of thiazole rings is 1. The summed E-state index contributed by atoms with van der Waals surface area (Å²) >= 11 is 3.12. The summed E-state index contributed by atoms with van der Waals surface area (Å²) in [5.41, 5.74) is 5.48. The van der Waals surface area contributed by atoms with Crippen LogP contribution in [0.3, 0.4) is 0 Å². The van der Waals surface area contributed by atoms with Gasteiger partial charge in [0.05, 0.1) is 6.20 Å². The number of aliphatic hydroxyl groups excluding tert-OH is 1. The molecule has 1 aromatic heterocycles. The second-order valence-electron chi connectivity index (χ2n) is 1.95. The van der Waals surface area contributed by atoms with Crippen LogP contribution in [0.1, 0.15) is 6.42 Å². The lowest BCUT2D eigenvalue weighted by Crippen LogP contribution is -1.84. The van der Waals surface area contributed by atoms with Gasteiger partial charge in [-0.15, -0.1) is 0 Å². The van der Waals surface area contributed by atoms with Crippen molar-refractivity contribution in [3.63, 3.8) is 0 Å². The van der Waals surface area contributed by atoms with Gasteiger partial charge in [-0.2, -0.15) is 0 Å². The second kappa shape index (κ2) is 4.58. The van der Waals surface area contributed by atoms with Crippen LogP contribution in [0.15, 0.2) is 10.5 Å². The van der Waals surface area contributed by atoms with E-state index in [1.165, 1.54) is 11.3 Å². The highest BCUT2D eigenvalue weighted by atomic mass is 32.2. The molecule has 1 rings (SSSR count). The minimum Gasteiger partial charge on any atom is -0.396 e. The van der Waals surface area contributed by atoms with Crippen LogP contribution in [0.4, 0.5) is 5.00 Å². The number of nitrogens with two attached hydrogens (primary N) is 1. The van der Waals surface area contributed by atoms with Gasteiger partial charge in [0.15, 0.2) is 4.34 Å². The Hall–Kier alpha value is -0.260. The summed E-state index contributed by atoms with van der Waals surface area (Å²) in [5, 5.41) is 9.24. The Labute approximate surface area is 73.6 Å². The first kappa shape index (κ1) is 8.83. The molecular formula is C6H10N2OS2. The molecule has 0 saturated heterocycles. The molecule has 0 radical (unpaired) electrons. The maximum atomic E-state index is 8.49. The fourth-order valence-corrected chi connectivity index (χ4v) is 2.32. The predicted molar refractivity (Wildman–Crippen MR) is 49.0 cm³/mol. The molecule has 3 nitrogen and oxygen atoms in total. The SMILES string of the molecule is Nc1cnc(SCCCO)s1. The molecule has 5 heteroatoms. The third-order valence-electron chi connectivity index (χ3n) is 1.03. The van der Waals surface area contributed by atoms with Gasteiger partial charge in [0.25, 0.3) is 0 Å². The molecule has 0 unspecified atom stereocenters. The molecule has 0 saturated carbocycles. The van der Waals surface area contributed by atoms with Crippen molar-refractivity contribution in [2.45, 2.75) is 10.8 Å². The number of thioether (sulfide) groups is 1. The first-order chi connectivity index (χ1) is 5.33. The molecule has 0 atom stereocenters. The number of hydrogen-bond donors (Lipinski definition) is 2. The van der Waals surface area contributed by atoms with Crippen LogP contribution in [0.25, 0.3) is 0 Å². The lowest BCUT2D eigenvalue weighted by Gasteiger charge is -1.92. The molecule has 3 N–H and O–H groups in total. The van der Waals surface area contributed by atoms with Crippen molar-refractivity contribution in [3.05, 3.63) is 6.20 Å². The lowest BCUT2D eigenvalue weighted by atomic mass is 10.5. The van der Waals surface area contributed by atoms with Gasteiger partial charge < -0.3 is 10.8 Å². The van der Waals surface area contributed by atoms with Crippen LogP contribution in [0.5, 0.6) is 0 Å². The van der Waals surface area contributed by atoms with Gasteiger partial charge in [-0.25, -0.2) is 4.98 Å². The zero-order valence-electron chi connectivity index (χ0n) is 5.99. The summed E-state index contributed by atoms with van der Waals surface area (Å²) in [4.78, 5) is 4.06. The summed E-state index contributed by atoms with van der Waals surface area (Å²) < 4.78 is 0.982. The van der Waals surface area contributed by atoms with Gasteiger partial charge in [-0.3, -0.25) is 0 Å². The van der Waals surface area contributed by atoms with E-state index < -0.39 is 0 Å². The highest BCUT2D eigenvalue weighted by molar-refractivity contribution is 8.01. The third kappa shape index (κ3) is 3.09. The van der Waals surface area contributed by atoms with E-state index in [0.717, 1.165) is 21.5 Å². The zero-order chi connectivity index (χ0) is 8.10. The van der Waals surface area contributed by atoms with Gasteiger partial charge in [0.2, 0.25) is 0 Å². The highest BCUT2D eigenvalue weighted by Gasteiger charge is 1.97. The number of aromatic nitrogens is 1. The van der Waals surface area contributed by atoms with Gasteiger partial charge in [-0.05, 0) is 6.42 Å². The summed E-state index contributed by atoms with van der Waals surface area (Å²) in [5.74, 6) is 0.906. The van der Waals surface area contributed by atoms with Gasteiger partial charge in [0.1, 0.15) is 5.00 Å². The van der Waals surface area contributed by atoms with Crippen molar-refractivity contribution >= 4 is 28.1 Å². The van der Waals surface area contributed by atoms with Crippen molar-refractivity contribution in [2.24, 2.45) is 0 Å². The van der Waals surface area contributed by atoms with Gasteiger partial charge >= 0.3 is 0 Å². The maximum Gasteiger partial charge on any atom is 0.151 e. The number of aliphatic hydroxyl groups is 1. The van der Waals surface area contributed by atoms with E-state index >= 15 is 0 Å². The van der Waals surface area contributed by atoms with Gasteiger partial charge in [-0.1, -0.05) is 23.1 Å². The fourth-order valence-electron chi connectivity index (χ4n) is 0.561. The van der Waals surface area contributed by atoms with Crippen molar-refractivity contribution in [1.82, 2.24) is 4.98 Å². The van der Waals surface area contributed by atoms with E-state index in [1.54, 1.807) is 18.0 Å². The van der Waals surface area contributed by atoms with Crippen LogP contribution < -0.4 is 5.73 Å². The highest BCUT2D eigenvalue weighted by Crippen LogP contribution is 2.25. The minimum absolute atomic E-state index is 0.244. The average Bonchev–Trinajstić information content (AvgIpc) is 2.37. The molecule has 0 aliphatic carbocycles. The molecule has 0 aromatic carbocycles. The van der Waals surface area contributed by atoms with E-state index in [1.807, 2.05) is 0 Å². The van der Waals surface area contributed by atoms with Crippen molar-refractivity contribution < 1.29 is 5.11 Å². The molecule has 0 aliphatic rings. The standard InChI is InChI=1S/C6H10N2OS2/c7-5-4-8-6(11-5)10-3-1-2-9/h4,9H,1-3,7H2. The molecule has 1 heterocycles. The molecule has 0 aliphatic heterocycles. The van der Waals surface area contributed by atoms with Crippen LogP contribution in [-0.4, -0.2) is 22.5 Å². The van der Waals surface area contributed by atoms with E-state index in [0.29, 0.717) is 0 Å². The quantitative estimate of drug-likeness (QED) is 0.553. The molecule has 0 fully saturated rings. The van der Waals surface area contributed by atoms with E-state index in [2.05, 4.69) is 4.98 Å². The molecule has 0 bridgehead atoms. The Bertz CT molecular complexity index is 214. The van der Waals surface area contributed by atoms with Crippen LogP contribution in [-0.2, 0) is 0 Å². The Balaban J connectivity index is 2.27. The number of nitrogens with zero attached hydrogens (tertiary/aromatic N) is 1. The first-order valence-corrected chi connectivity index (χ1v) is 5.08. The molecule has 1 aromatic rings. The Kier molecular flexibility index (Phi) is 3.68. The summed E-state index contributed by atoms with van der Waals surface area (Å²) in [7, 11) is 0. The zero-order valence-corrected chi connectivity index (χ0v) is 7.62. The van der Waals surface area contributed by atoms with Crippen molar-refractivity contribution in [2.75, 3.05) is 18.1 Å². The first-order valence-electron chi connectivity index (χ1n) is 3.28. The second-order valence-corrected chi connectivity index (χ2v) is 4.36. The van der Waals surface area contributed by atoms with Crippen molar-refractivity contribution in [3.8, 4) is 0 Å². The van der Waals surface area contributed by atoms with E-state index in [9.17, 15) is 0 Å². The number of hydrogen-bond acceptors (Lipinski definition) is 5. The summed E-state index contributed by atoms with van der Waals surface area (Å²) in [6.45, 7) is 0.244. The molecule has 0 spiro atoms. The summed E-state index contributed by atoms with van der Waals surface area (Å²) in [6, 6.07) is 0. The molecule has 0 amide bonds. The number of rotatable bonds is 4. The molecule has 62 valence electrons. The number of anilines is 1. The van der Waals surface area contributed by atoms with Gasteiger partial charge in [0, 0.05) is 12.4 Å². The lowest BCUT2D eigenvalue weighted by molar-refractivity contribution is 0.296. The Morgan fingerprint density at radius 1 is 1.73 bits per heavy atom. The monoisotopic (exact) mass is 190 g/mol. The maximum absolute atomic E-state index is 8.49. The average molecular weight is 190 g/mol. The van der Waals surface area contributed by atoms with Crippen molar-refractivity contribution in [1.29, 1.82) is 0 Å². The van der Waals surface area contributed by atoms with Crippen LogP contribution >= 0.6 is 23.1 Å². The Morgan fingerprint density at radius 3 is 3.09 bits per heavy atom. The van der Waals surface area contributed by atoms with E-state index in [-0.39, 0.29) is 6.61 Å². The fraction of sp³-hybridized carbons (Fsp3) is 0.500. The Morgan fingerprint density at radius 2 is 2.55 bits per heavy atom. The third-order valence-corrected chi connectivity index (χ3v) is 3.10. The minimum atomic E-state index is 0.244. The largest absolute Gasteiger partial charge is 0.396 e. The predicted octanol–water partition coefficient (Wildman–Crippen LogP) is 1.20.